The van der Waals surface area contributed by atoms with E-state index in [0.29, 0.717) is 12.8 Å². The van der Waals surface area contributed by atoms with E-state index >= 15 is 0 Å². The molecule has 2 saturated carbocycles. The quantitative estimate of drug-likeness (QED) is 0.593. The fraction of sp³-hybridized carbons (Fsp3) is 0.647. The van der Waals surface area contributed by atoms with Crippen molar-refractivity contribution in [2.75, 3.05) is 7.11 Å². The molecule has 0 heterocycles. The molecular formula is C17H22O4. The number of ether oxygens (including phenoxy) is 1. The van der Waals surface area contributed by atoms with Gasteiger partial charge in [-0.05, 0) is 43.6 Å². The summed E-state index contributed by atoms with van der Waals surface area (Å²) in [6.45, 7) is 1.94. The molecule has 3 aliphatic rings. The number of methoxy groups -OCH3 is 1. The minimum absolute atomic E-state index is 0.00366. The Labute approximate surface area is 124 Å². The number of esters is 1. The standard InChI is InChI=1S/C17H22O4/c1-17-8-7-12(16(20)21-2)11-4-5-14(18)13(11)9-10(17)3-6-15(17)19/h7-12,14,18H,3-6H2,1-2H3/b8-7?,13-9+/t10-,11-,12-,14+,17-/m1/s1. The van der Waals surface area contributed by atoms with Crippen LogP contribution in [0.3, 0.4) is 0 Å². The number of carbonyl (C=O) groups is 2. The average Bonchev–Trinajstić information content (AvgIpc) is 2.93. The number of allylic oxidation sites excluding steroid dienone is 2. The maximum atomic E-state index is 12.3. The number of rotatable bonds is 1. The Hall–Kier alpha value is -1.42. The second-order valence-electron chi connectivity index (χ2n) is 6.63. The molecule has 0 aromatic carbocycles. The third-order valence-corrected chi connectivity index (χ3v) is 5.57. The first-order valence-corrected chi connectivity index (χ1v) is 7.67. The molecule has 0 aliphatic heterocycles. The summed E-state index contributed by atoms with van der Waals surface area (Å²) in [5.41, 5.74) is 0.382. The predicted octanol–water partition coefficient (Wildman–Crippen LogP) is 2.03. The summed E-state index contributed by atoms with van der Waals surface area (Å²) in [5, 5.41) is 10.3. The molecule has 114 valence electrons. The van der Waals surface area contributed by atoms with Crippen LogP contribution in [-0.2, 0) is 14.3 Å². The van der Waals surface area contributed by atoms with Gasteiger partial charge < -0.3 is 9.84 Å². The Morgan fingerprint density at radius 2 is 2.14 bits per heavy atom. The summed E-state index contributed by atoms with van der Waals surface area (Å²) in [5.74, 6) is -0.336. The van der Waals surface area contributed by atoms with Gasteiger partial charge in [0.1, 0.15) is 5.78 Å². The maximum Gasteiger partial charge on any atom is 0.313 e. The van der Waals surface area contributed by atoms with Gasteiger partial charge in [0.05, 0.1) is 24.5 Å². The lowest BCUT2D eigenvalue weighted by Crippen LogP contribution is -2.31. The van der Waals surface area contributed by atoms with Gasteiger partial charge in [-0.2, -0.15) is 0 Å². The van der Waals surface area contributed by atoms with Crippen LogP contribution < -0.4 is 0 Å². The van der Waals surface area contributed by atoms with Crippen molar-refractivity contribution >= 4 is 11.8 Å². The van der Waals surface area contributed by atoms with Gasteiger partial charge in [-0.15, -0.1) is 0 Å². The Morgan fingerprint density at radius 3 is 2.86 bits per heavy atom. The van der Waals surface area contributed by atoms with Gasteiger partial charge >= 0.3 is 5.97 Å². The van der Waals surface area contributed by atoms with Crippen molar-refractivity contribution in [3.05, 3.63) is 23.8 Å². The maximum absolute atomic E-state index is 12.3. The first kappa shape index (κ1) is 14.5. The summed E-state index contributed by atoms with van der Waals surface area (Å²) in [7, 11) is 1.38. The summed E-state index contributed by atoms with van der Waals surface area (Å²) >= 11 is 0. The zero-order valence-electron chi connectivity index (χ0n) is 12.5. The third kappa shape index (κ3) is 2.16. The van der Waals surface area contributed by atoms with E-state index in [0.717, 1.165) is 18.4 Å². The van der Waals surface area contributed by atoms with Crippen LogP contribution in [0.5, 0.6) is 0 Å². The highest BCUT2D eigenvalue weighted by Crippen LogP contribution is 2.48. The van der Waals surface area contributed by atoms with Gasteiger partial charge in [0.15, 0.2) is 0 Å². The molecular weight excluding hydrogens is 268 g/mol. The Bertz CT molecular complexity index is 533. The molecule has 4 heteroatoms. The van der Waals surface area contributed by atoms with Gasteiger partial charge in [-0.1, -0.05) is 18.2 Å². The van der Waals surface area contributed by atoms with Crippen molar-refractivity contribution in [3.8, 4) is 0 Å². The Balaban J connectivity index is 2.06. The van der Waals surface area contributed by atoms with E-state index in [1.165, 1.54) is 7.11 Å². The zero-order valence-corrected chi connectivity index (χ0v) is 12.5. The van der Waals surface area contributed by atoms with Crippen LogP contribution in [-0.4, -0.2) is 30.1 Å². The zero-order chi connectivity index (χ0) is 15.2. The third-order valence-electron chi connectivity index (χ3n) is 5.57. The fourth-order valence-corrected chi connectivity index (χ4v) is 4.12. The molecule has 0 spiro atoms. The number of carbonyl (C=O) groups excluding carboxylic acids is 2. The largest absolute Gasteiger partial charge is 0.469 e. The SMILES string of the molecule is COC(=O)[C@@H]1C=C[C@@]2(C)C(=O)CC[C@@H]2/C=C2/[C@@H](O)CC[C@@H]21. The van der Waals surface area contributed by atoms with E-state index in [1.807, 2.05) is 19.1 Å². The predicted molar refractivity (Wildman–Crippen MR) is 77.3 cm³/mol. The molecule has 2 fully saturated rings. The number of aliphatic hydroxyl groups excluding tert-OH is 1. The van der Waals surface area contributed by atoms with E-state index < -0.39 is 17.4 Å². The Morgan fingerprint density at radius 1 is 1.38 bits per heavy atom. The summed E-state index contributed by atoms with van der Waals surface area (Å²) < 4.78 is 4.92. The van der Waals surface area contributed by atoms with E-state index in [9.17, 15) is 14.7 Å². The smallest absolute Gasteiger partial charge is 0.313 e. The van der Waals surface area contributed by atoms with E-state index in [4.69, 9.17) is 4.74 Å². The molecule has 0 aromatic heterocycles. The average molecular weight is 290 g/mol. The molecule has 0 aromatic rings. The van der Waals surface area contributed by atoms with Crippen LogP contribution in [0.2, 0.25) is 0 Å². The Kier molecular flexibility index (Phi) is 3.52. The number of fused-ring (bicyclic) bond motifs is 2. The molecule has 4 nitrogen and oxygen atoms in total. The van der Waals surface area contributed by atoms with Crippen molar-refractivity contribution in [2.24, 2.45) is 23.2 Å². The molecule has 0 saturated heterocycles. The van der Waals surface area contributed by atoms with Crippen LogP contribution >= 0.6 is 0 Å². The highest BCUT2D eigenvalue weighted by atomic mass is 16.5. The number of hydrogen-bond donors (Lipinski definition) is 1. The van der Waals surface area contributed by atoms with Crippen LogP contribution in [0.25, 0.3) is 0 Å². The van der Waals surface area contributed by atoms with Crippen molar-refractivity contribution in [2.45, 2.75) is 38.7 Å². The molecule has 0 bridgehead atoms. The first-order valence-electron chi connectivity index (χ1n) is 7.67. The number of ketones is 1. The molecule has 5 atom stereocenters. The number of Topliss-reactive ketones (excluding diaryl/α,β-unsaturated/α-hetero) is 1. The first-order chi connectivity index (χ1) is 9.97. The van der Waals surface area contributed by atoms with Gasteiger partial charge in [-0.3, -0.25) is 9.59 Å². The van der Waals surface area contributed by atoms with Gasteiger partial charge in [0, 0.05) is 6.42 Å². The second kappa shape index (κ2) is 5.09. The minimum atomic E-state index is -0.549. The van der Waals surface area contributed by atoms with E-state index in [1.54, 1.807) is 0 Å². The lowest BCUT2D eigenvalue weighted by molar-refractivity contribution is -0.145. The highest BCUT2D eigenvalue weighted by Gasteiger charge is 2.47. The van der Waals surface area contributed by atoms with Crippen molar-refractivity contribution in [1.82, 2.24) is 0 Å². The van der Waals surface area contributed by atoms with Crippen LogP contribution in [0.1, 0.15) is 32.6 Å². The minimum Gasteiger partial charge on any atom is -0.469 e. The number of aliphatic hydroxyl groups is 1. The normalized spacial score (nSPS) is 44.3. The van der Waals surface area contributed by atoms with Crippen LogP contribution in [0, 0.1) is 23.2 Å². The van der Waals surface area contributed by atoms with E-state index in [-0.39, 0.29) is 23.6 Å². The topological polar surface area (TPSA) is 63.6 Å². The fourth-order valence-electron chi connectivity index (χ4n) is 4.12. The highest BCUT2D eigenvalue weighted by molar-refractivity contribution is 5.89. The molecule has 3 rings (SSSR count). The van der Waals surface area contributed by atoms with E-state index in [2.05, 4.69) is 6.08 Å². The monoisotopic (exact) mass is 290 g/mol. The molecule has 0 radical (unpaired) electrons. The lowest BCUT2D eigenvalue weighted by atomic mass is 9.72. The van der Waals surface area contributed by atoms with Crippen molar-refractivity contribution in [1.29, 1.82) is 0 Å². The number of hydrogen-bond acceptors (Lipinski definition) is 4. The van der Waals surface area contributed by atoms with Gasteiger partial charge in [0.25, 0.3) is 0 Å². The molecule has 1 N–H and O–H groups in total. The van der Waals surface area contributed by atoms with Gasteiger partial charge in [0.2, 0.25) is 0 Å². The molecule has 3 aliphatic carbocycles. The molecule has 0 amide bonds. The molecule has 21 heavy (non-hydrogen) atoms. The van der Waals surface area contributed by atoms with Crippen LogP contribution in [0.15, 0.2) is 23.8 Å². The summed E-state index contributed by atoms with van der Waals surface area (Å²) in [4.78, 5) is 24.3. The van der Waals surface area contributed by atoms with Crippen LogP contribution in [0.4, 0.5) is 0 Å². The summed E-state index contributed by atoms with van der Waals surface area (Å²) in [6, 6.07) is 0. The van der Waals surface area contributed by atoms with Gasteiger partial charge in [-0.25, -0.2) is 0 Å². The van der Waals surface area contributed by atoms with Crippen molar-refractivity contribution < 1.29 is 19.4 Å². The second-order valence-corrected chi connectivity index (χ2v) is 6.63. The summed E-state index contributed by atoms with van der Waals surface area (Å²) in [6.07, 6.45) is 8.19. The lowest BCUT2D eigenvalue weighted by Gasteiger charge is -2.31. The molecule has 0 unspecified atom stereocenters. The van der Waals surface area contributed by atoms with Crippen molar-refractivity contribution in [3.63, 3.8) is 0 Å².